The zero-order valence-corrected chi connectivity index (χ0v) is 11.1. The Morgan fingerprint density at radius 2 is 2.15 bits per heavy atom. The molecule has 3 rings (SSSR count). The van der Waals surface area contributed by atoms with Crippen LogP contribution in [0.2, 0.25) is 0 Å². The monoisotopic (exact) mass is 286 g/mol. The van der Waals surface area contributed by atoms with Gasteiger partial charge in [-0.05, 0) is 12.8 Å². The molecule has 0 radical (unpaired) electrons. The number of rotatable bonds is 1. The molecule has 0 amide bonds. The number of halogens is 3. The highest BCUT2D eigenvalue weighted by Crippen LogP contribution is 2.35. The predicted octanol–water partition coefficient (Wildman–Crippen LogP) is 1.90. The summed E-state index contributed by atoms with van der Waals surface area (Å²) in [5.41, 5.74) is 1.92. The van der Waals surface area contributed by atoms with Crippen molar-refractivity contribution < 1.29 is 13.2 Å². The second-order valence-electron chi connectivity index (χ2n) is 5.38. The van der Waals surface area contributed by atoms with Gasteiger partial charge >= 0.3 is 6.18 Å². The zero-order chi connectivity index (χ0) is 14.2. The van der Waals surface area contributed by atoms with Gasteiger partial charge in [0.05, 0.1) is 11.6 Å². The van der Waals surface area contributed by atoms with Crippen LogP contribution in [0.5, 0.6) is 0 Å². The standard InChI is InChI=1S/C13H17F3N4/c14-13(15,16)9-2-1-5-20(7-9)12-10-6-17-4-3-11(10)18-8-19-12/h8-9,17H,1-7H2. The number of nitrogens with one attached hydrogen (secondary N) is 1. The Kier molecular flexibility index (Phi) is 3.54. The van der Waals surface area contributed by atoms with E-state index in [4.69, 9.17) is 0 Å². The first-order chi connectivity index (χ1) is 9.55. The fraction of sp³-hybridized carbons (Fsp3) is 0.692. The Morgan fingerprint density at radius 1 is 1.30 bits per heavy atom. The second kappa shape index (κ2) is 5.20. The molecule has 2 aliphatic heterocycles. The molecule has 2 aliphatic rings. The molecular formula is C13H17F3N4. The molecule has 110 valence electrons. The van der Waals surface area contributed by atoms with E-state index in [1.54, 1.807) is 4.90 Å². The minimum Gasteiger partial charge on any atom is -0.356 e. The summed E-state index contributed by atoms with van der Waals surface area (Å²) in [7, 11) is 0. The molecule has 1 atom stereocenters. The van der Waals surface area contributed by atoms with Gasteiger partial charge in [0.25, 0.3) is 0 Å². The smallest absolute Gasteiger partial charge is 0.356 e. The van der Waals surface area contributed by atoms with Crippen LogP contribution in [-0.4, -0.2) is 35.8 Å². The van der Waals surface area contributed by atoms with Crippen LogP contribution in [0.1, 0.15) is 24.1 Å². The predicted molar refractivity (Wildman–Crippen MR) is 68.4 cm³/mol. The molecule has 0 spiro atoms. The molecule has 3 heterocycles. The van der Waals surface area contributed by atoms with Crippen LogP contribution in [0.15, 0.2) is 6.33 Å². The van der Waals surface area contributed by atoms with Crippen molar-refractivity contribution in [3.05, 3.63) is 17.6 Å². The average molecular weight is 286 g/mol. The highest BCUT2D eigenvalue weighted by molar-refractivity contribution is 5.49. The van der Waals surface area contributed by atoms with E-state index in [0.717, 1.165) is 24.2 Å². The molecule has 0 bridgehead atoms. The molecule has 1 aromatic heterocycles. The first kappa shape index (κ1) is 13.6. The third kappa shape index (κ3) is 2.59. The summed E-state index contributed by atoms with van der Waals surface area (Å²) >= 11 is 0. The van der Waals surface area contributed by atoms with Gasteiger partial charge in [0.2, 0.25) is 0 Å². The highest BCUT2D eigenvalue weighted by atomic mass is 19.4. The maximum Gasteiger partial charge on any atom is 0.393 e. The Labute approximate surface area is 115 Å². The lowest BCUT2D eigenvalue weighted by molar-refractivity contribution is -0.176. The minimum absolute atomic E-state index is 0.00690. The summed E-state index contributed by atoms with van der Waals surface area (Å²) < 4.78 is 38.7. The van der Waals surface area contributed by atoms with Gasteiger partial charge in [0.1, 0.15) is 12.1 Å². The molecule has 1 unspecified atom stereocenters. The van der Waals surface area contributed by atoms with Gasteiger partial charge in [-0.1, -0.05) is 0 Å². The fourth-order valence-corrected chi connectivity index (χ4v) is 2.96. The van der Waals surface area contributed by atoms with E-state index in [9.17, 15) is 13.2 Å². The van der Waals surface area contributed by atoms with E-state index in [1.165, 1.54) is 6.33 Å². The molecular weight excluding hydrogens is 269 g/mol. The topological polar surface area (TPSA) is 41.1 Å². The lowest BCUT2D eigenvalue weighted by Gasteiger charge is -2.36. The van der Waals surface area contributed by atoms with Gasteiger partial charge in [-0.25, -0.2) is 9.97 Å². The first-order valence-corrected chi connectivity index (χ1v) is 6.91. The Morgan fingerprint density at radius 3 is 2.95 bits per heavy atom. The number of alkyl halides is 3. The fourth-order valence-electron chi connectivity index (χ4n) is 2.96. The third-order valence-corrected chi connectivity index (χ3v) is 4.04. The maximum absolute atomic E-state index is 12.9. The van der Waals surface area contributed by atoms with E-state index >= 15 is 0 Å². The van der Waals surface area contributed by atoms with Crippen molar-refractivity contribution >= 4 is 5.82 Å². The van der Waals surface area contributed by atoms with Crippen LogP contribution in [0.25, 0.3) is 0 Å². The summed E-state index contributed by atoms with van der Waals surface area (Å²) in [4.78, 5) is 10.3. The quantitative estimate of drug-likeness (QED) is 0.856. The molecule has 7 heteroatoms. The largest absolute Gasteiger partial charge is 0.393 e. The summed E-state index contributed by atoms with van der Waals surface area (Å²) in [5.74, 6) is -0.574. The number of fused-ring (bicyclic) bond motifs is 1. The van der Waals surface area contributed by atoms with Crippen molar-refractivity contribution in [1.82, 2.24) is 15.3 Å². The number of aromatic nitrogens is 2. The van der Waals surface area contributed by atoms with Crippen molar-refractivity contribution in [2.45, 2.75) is 32.0 Å². The normalized spacial score (nSPS) is 23.6. The van der Waals surface area contributed by atoms with Crippen molar-refractivity contribution in [2.75, 3.05) is 24.5 Å². The minimum atomic E-state index is -4.12. The Bertz CT molecular complexity index is 489. The van der Waals surface area contributed by atoms with Crippen LogP contribution < -0.4 is 10.2 Å². The van der Waals surface area contributed by atoms with Gasteiger partial charge in [-0.2, -0.15) is 13.2 Å². The van der Waals surface area contributed by atoms with Crippen LogP contribution in [0.3, 0.4) is 0 Å². The SMILES string of the molecule is FC(F)(F)C1CCCN(c2ncnc3c2CNCC3)C1. The van der Waals surface area contributed by atoms with Crippen molar-refractivity contribution in [2.24, 2.45) is 5.92 Å². The molecule has 20 heavy (non-hydrogen) atoms. The summed E-state index contributed by atoms with van der Waals surface area (Å²) in [5, 5.41) is 3.23. The summed E-state index contributed by atoms with van der Waals surface area (Å²) in [6.07, 6.45) is -1.08. The van der Waals surface area contributed by atoms with Crippen LogP contribution in [0, 0.1) is 5.92 Å². The van der Waals surface area contributed by atoms with Gasteiger partial charge in [-0.15, -0.1) is 0 Å². The third-order valence-electron chi connectivity index (χ3n) is 4.04. The first-order valence-electron chi connectivity index (χ1n) is 6.91. The van der Waals surface area contributed by atoms with E-state index in [1.807, 2.05) is 0 Å². The summed E-state index contributed by atoms with van der Waals surface area (Å²) in [6, 6.07) is 0. The molecule has 1 fully saturated rings. The molecule has 0 saturated carbocycles. The van der Waals surface area contributed by atoms with E-state index < -0.39 is 12.1 Å². The van der Waals surface area contributed by atoms with Gasteiger partial charge in [0.15, 0.2) is 0 Å². The highest BCUT2D eigenvalue weighted by Gasteiger charge is 2.42. The van der Waals surface area contributed by atoms with Crippen molar-refractivity contribution in [3.8, 4) is 0 Å². The van der Waals surface area contributed by atoms with Gasteiger partial charge in [-0.3, -0.25) is 0 Å². The lowest BCUT2D eigenvalue weighted by atomic mass is 9.96. The molecule has 4 nitrogen and oxygen atoms in total. The van der Waals surface area contributed by atoms with Crippen molar-refractivity contribution in [1.29, 1.82) is 0 Å². The van der Waals surface area contributed by atoms with E-state index in [2.05, 4.69) is 15.3 Å². The van der Waals surface area contributed by atoms with Gasteiger partial charge < -0.3 is 10.2 Å². The van der Waals surface area contributed by atoms with Crippen molar-refractivity contribution in [3.63, 3.8) is 0 Å². The van der Waals surface area contributed by atoms with Crippen LogP contribution >= 0.6 is 0 Å². The Balaban J connectivity index is 1.86. The van der Waals surface area contributed by atoms with Crippen LogP contribution in [-0.2, 0) is 13.0 Å². The number of piperidine rings is 1. The molecule has 0 aliphatic carbocycles. The summed E-state index contributed by atoms with van der Waals surface area (Å²) in [6.45, 7) is 2.14. The molecule has 1 N–H and O–H groups in total. The number of anilines is 1. The number of nitrogens with zero attached hydrogens (tertiary/aromatic N) is 3. The number of hydrogen-bond acceptors (Lipinski definition) is 4. The molecule has 0 aromatic carbocycles. The molecule has 1 saturated heterocycles. The van der Waals surface area contributed by atoms with Gasteiger partial charge in [0, 0.05) is 38.2 Å². The number of hydrogen-bond donors (Lipinski definition) is 1. The van der Waals surface area contributed by atoms with E-state index in [0.29, 0.717) is 25.3 Å². The lowest BCUT2D eigenvalue weighted by Crippen LogP contribution is -2.43. The van der Waals surface area contributed by atoms with Crippen LogP contribution in [0.4, 0.5) is 19.0 Å². The molecule has 1 aromatic rings. The van der Waals surface area contributed by atoms with E-state index in [-0.39, 0.29) is 13.0 Å². The maximum atomic E-state index is 12.9. The Hall–Kier alpha value is -1.37. The average Bonchev–Trinajstić information content (AvgIpc) is 2.46. The second-order valence-corrected chi connectivity index (χ2v) is 5.38. The zero-order valence-electron chi connectivity index (χ0n) is 11.1.